The zero-order chi connectivity index (χ0) is 18.2. The van der Waals surface area contributed by atoms with Gasteiger partial charge in [-0.25, -0.2) is 13.1 Å². The number of ether oxygens (including phenoxy) is 1. The van der Waals surface area contributed by atoms with E-state index in [0.29, 0.717) is 18.9 Å². The van der Waals surface area contributed by atoms with Gasteiger partial charge in [-0.1, -0.05) is 59.8 Å². The molecule has 0 radical (unpaired) electrons. The van der Waals surface area contributed by atoms with Crippen molar-refractivity contribution in [1.29, 1.82) is 0 Å². The molecule has 0 fully saturated rings. The first kappa shape index (κ1) is 18.3. The van der Waals surface area contributed by atoms with E-state index in [1.807, 2.05) is 54.6 Å². The number of rotatable bonds is 9. The van der Waals surface area contributed by atoms with Crippen molar-refractivity contribution in [1.82, 2.24) is 9.88 Å². The summed E-state index contributed by atoms with van der Waals surface area (Å²) in [4.78, 5) is 0. The molecule has 0 saturated carbocycles. The van der Waals surface area contributed by atoms with Crippen molar-refractivity contribution in [2.45, 2.75) is 25.5 Å². The first-order valence-corrected chi connectivity index (χ1v) is 9.83. The number of hydrogen-bond acceptors (Lipinski definition) is 5. The summed E-state index contributed by atoms with van der Waals surface area (Å²) in [5.74, 6) is -0.212. The number of nitrogens with one attached hydrogen (secondary N) is 1. The predicted octanol–water partition coefficient (Wildman–Crippen LogP) is 3.01. The zero-order valence-corrected chi connectivity index (χ0v) is 15.0. The second kappa shape index (κ2) is 8.75. The normalized spacial score (nSPS) is 11.5. The fraction of sp³-hybridized carbons (Fsp3) is 0.211. The standard InChI is InChI=1S/C19H20N2O4S/c22-26(23,15-19-10-11-25-21-19)20-12-17-8-4-5-9-18(17)14-24-13-16-6-2-1-3-7-16/h1-11,20H,12-15H2. The Labute approximate surface area is 152 Å². The van der Waals surface area contributed by atoms with Gasteiger partial charge in [-0.3, -0.25) is 0 Å². The van der Waals surface area contributed by atoms with Crippen LogP contribution in [0, 0.1) is 0 Å². The van der Waals surface area contributed by atoms with Crippen molar-refractivity contribution >= 4 is 10.0 Å². The van der Waals surface area contributed by atoms with Gasteiger partial charge in [0.25, 0.3) is 0 Å². The van der Waals surface area contributed by atoms with E-state index >= 15 is 0 Å². The molecule has 0 bridgehead atoms. The fourth-order valence-corrected chi connectivity index (χ4v) is 3.49. The molecular weight excluding hydrogens is 352 g/mol. The van der Waals surface area contributed by atoms with Crippen molar-refractivity contribution in [2.75, 3.05) is 0 Å². The Hall–Kier alpha value is -2.48. The fourth-order valence-electron chi connectivity index (χ4n) is 2.47. The molecule has 1 heterocycles. The molecule has 0 spiro atoms. The number of hydrogen-bond donors (Lipinski definition) is 1. The third kappa shape index (κ3) is 5.52. The monoisotopic (exact) mass is 372 g/mol. The third-order valence-corrected chi connectivity index (χ3v) is 5.06. The van der Waals surface area contributed by atoms with Gasteiger partial charge in [0.1, 0.15) is 12.0 Å². The summed E-state index contributed by atoms with van der Waals surface area (Å²) in [6, 6.07) is 19.1. The molecule has 26 heavy (non-hydrogen) atoms. The highest BCUT2D eigenvalue weighted by atomic mass is 32.2. The molecule has 1 N–H and O–H groups in total. The SMILES string of the molecule is O=S(=O)(Cc1ccon1)NCc1ccccc1COCc1ccccc1. The maximum Gasteiger partial charge on any atom is 0.217 e. The van der Waals surface area contributed by atoms with E-state index in [2.05, 4.69) is 14.4 Å². The Balaban J connectivity index is 1.56. The predicted molar refractivity (Wildman–Crippen MR) is 97.3 cm³/mol. The molecule has 2 aromatic carbocycles. The largest absolute Gasteiger partial charge is 0.372 e. The van der Waals surface area contributed by atoms with Gasteiger partial charge in [-0.15, -0.1) is 0 Å². The first-order valence-electron chi connectivity index (χ1n) is 8.17. The van der Waals surface area contributed by atoms with Crippen molar-refractivity contribution in [3.63, 3.8) is 0 Å². The minimum Gasteiger partial charge on any atom is -0.372 e. The lowest BCUT2D eigenvalue weighted by atomic mass is 10.1. The minimum atomic E-state index is -3.50. The van der Waals surface area contributed by atoms with Crippen molar-refractivity contribution in [2.24, 2.45) is 0 Å². The number of benzene rings is 2. The van der Waals surface area contributed by atoms with E-state index in [0.717, 1.165) is 16.7 Å². The van der Waals surface area contributed by atoms with E-state index in [-0.39, 0.29) is 12.3 Å². The summed E-state index contributed by atoms with van der Waals surface area (Å²) in [5, 5.41) is 3.63. The van der Waals surface area contributed by atoms with Gasteiger partial charge < -0.3 is 9.26 Å². The lowest BCUT2D eigenvalue weighted by molar-refractivity contribution is 0.106. The molecule has 0 saturated heterocycles. The second-order valence-electron chi connectivity index (χ2n) is 5.82. The lowest BCUT2D eigenvalue weighted by Gasteiger charge is -2.11. The van der Waals surface area contributed by atoms with Gasteiger partial charge in [0.15, 0.2) is 0 Å². The smallest absolute Gasteiger partial charge is 0.217 e. The van der Waals surface area contributed by atoms with Crippen LogP contribution in [0.15, 0.2) is 71.4 Å². The Kier molecular flexibility index (Phi) is 6.17. The molecule has 7 heteroatoms. The zero-order valence-electron chi connectivity index (χ0n) is 14.2. The van der Waals surface area contributed by atoms with Crippen LogP contribution in [0.25, 0.3) is 0 Å². The molecule has 0 aliphatic carbocycles. The van der Waals surface area contributed by atoms with Gasteiger partial charge in [-0.05, 0) is 16.7 Å². The van der Waals surface area contributed by atoms with E-state index < -0.39 is 10.0 Å². The van der Waals surface area contributed by atoms with Crippen LogP contribution in [0.4, 0.5) is 0 Å². The molecular formula is C19H20N2O4S. The summed E-state index contributed by atoms with van der Waals surface area (Å²) >= 11 is 0. The first-order chi connectivity index (χ1) is 12.6. The van der Waals surface area contributed by atoms with Crippen molar-refractivity contribution in [3.8, 4) is 0 Å². The van der Waals surface area contributed by atoms with E-state index in [9.17, 15) is 8.42 Å². The molecule has 0 amide bonds. The molecule has 0 atom stereocenters. The van der Waals surface area contributed by atoms with Crippen molar-refractivity contribution < 1.29 is 17.7 Å². The minimum absolute atomic E-state index is 0.199. The van der Waals surface area contributed by atoms with Crippen LogP contribution < -0.4 is 4.72 Å². The van der Waals surface area contributed by atoms with Crippen LogP contribution in [-0.4, -0.2) is 13.6 Å². The summed E-state index contributed by atoms with van der Waals surface area (Å²) in [5.41, 5.74) is 3.30. The second-order valence-corrected chi connectivity index (χ2v) is 7.62. The van der Waals surface area contributed by atoms with Gasteiger partial charge in [0, 0.05) is 12.6 Å². The van der Waals surface area contributed by atoms with Crippen LogP contribution in [-0.2, 0) is 40.3 Å². The van der Waals surface area contributed by atoms with E-state index in [1.54, 1.807) is 0 Å². The molecule has 6 nitrogen and oxygen atoms in total. The molecule has 3 aromatic rings. The third-order valence-electron chi connectivity index (χ3n) is 3.80. The lowest BCUT2D eigenvalue weighted by Crippen LogP contribution is -2.25. The Morgan fingerprint density at radius 1 is 0.923 bits per heavy atom. The maximum absolute atomic E-state index is 12.2. The molecule has 0 unspecified atom stereocenters. The Morgan fingerprint density at radius 2 is 1.65 bits per heavy atom. The van der Waals surface area contributed by atoms with E-state index in [4.69, 9.17) is 4.74 Å². The topological polar surface area (TPSA) is 81.4 Å². The molecule has 136 valence electrons. The summed E-state index contributed by atoms with van der Waals surface area (Å²) in [6.45, 7) is 1.12. The number of sulfonamides is 1. The quantitative estimate of drug-likeness (QED) is 0.624. The van der Waals surface area contributed by atoms with Gasteiger partial charge in [0.2, 0.25) is 10.0 Å². The summed E-state index contributed by atoms with van der Waals surface area (Å²) in [7, 11) is -3.50. The van der Waals surface area contributed by atoms with Gasteiger partial charge >= 0.3 is 0 Å². The highest BCUT2D eigenvalue weighted by molar-refractivity contribution is 7.88. The van der Waals surface area contributed by atoms with Crippen LogP contribution >= 0.6 is 0 Å². The highest BCUT2D eigenvalue weighted by Gasteiger charge is 2.14. The van der Waals surface area contributed by atoms with Gasteiger partial charge in [0.05, 0.1) is 18.9 Å². The number of nitrogens with zero attached hydrogens (tertiary/aromatic N) is 1. The summed E-state index contributed by atoms with van der Waals surface area (Å²) in [6.07, 6.45) is 1.35. The average molecular weight is 372 g/mol. The molecule has 0 aliphatic heterocycles. The van der Waals surface area contributed by atoms with Crippen LogP contribution in [0.3, 0.4) is 0 Å². The number of aromatic nitrogens is 1. The van der Waals surface area contributed by atoms with Crippen LogP contribution in [0.5, 0.6) is 0 Å². The maximum atomic E-state index is 12.2. The molecule has 3 rings (SSSR count). The van der Waals surface area contributed by atoms with Crippen molar-refractivity contribution in [3.05, 3.63) is 89.3 Å². The summed E-state index contributed by atoms with van der Waals surface area (Å²) < 4.78 is 37.3. The average Bonchev–Trinajstić information content (AvgIpc) is 3.14. The Morgan fingerprint density at radius 3 is 2.38 bits per heavy atom. The van der Waals surface area contributed by atoms with Gasteiger partial charge in [-0.2, -0.15) is 0 Å². The highest BCUT2D eigenvalue weighted by Crippen LogP contribution is 2.13. The molecule has 0 aliphatic rings. The Bertz CT molecular complexity index is 910. The van der Waals surface area contributed by atoms with E-state index in [1.165, 1.54) is 12.3 Å². The van der Waals surface area contributed by atoms with Crippen LogP contribution in [0.1, 0.15) is 22.4 Å². The molecule has 1 aromatic heterocycles. The van der Waals surface area contributed by atoms with Crippen LogP contribution in [0.2, 0.25) is 0 Å².